The van der Waals surface area contributed by atoms with E-state index in [9.17, 15) is 4.79 Å². The zero-order valence-corrected chi connectivity index (χ0v) is 12.3. The van der Waals surface area contributed by atoms with Crippen LogP contribution in [0.5, 0.6) is 0 Å². The van der Waals surface area contributed by atoms with Crippen LogP contribution in [0.2, 0.25) is 0 Å². The monoisotopic (exact) mass is 329 g/mol. The summed E-state index contributed by atoms with van der Waals surface area (Å²) in [5.74, 6) is 0. The Bertz CT molecular complexity index is 898. The van der Waals surface area contributed by atoms with E-state index in [1.807, 2.05) is 24.3 Å². The maximum absolute atomic E-state index is 12.6. The van der Waals surface area contributed by atoms with E-state index in [4.69, 9.17) is 4.74 Å². The lowest BCUT2D eigenvalue weighted by Crippen LogP contribution is -2.21. The Morgan fingerprint density at radius 3 is 2.80 bits per heavy atom. The van der Waals surface area contributed by atoms with Gasteiger partial charge < -0.3 is 9.72 Å². The molecule has 1 N–H and O–H groups in total. The highest BCUT2D eigenvalue weighted by molar-refractivity contribution is 9.10. The van der Waals surface area contributed by atoms with E-state index in [0.717, 1.165) is 43.8 Å². The van der Waals surface area contributed by atoms with E-state index in [0.29, 0.717) is 13.2 Å². The van der Waals surface area contributed by atoms with Gasteiger partial charge in [0.15, 0.2) is 5.43 Å². The van der Waals surface area contributed by atoms with Gasteiger partial charge in [0.05, 0.1) is 18.7 Å². The summed E-state index contributed by atoms with van der Waals surface area (Å²) in [5.41, 5.74) is 2.79. The molecule has 3 nitrogen and oxygen atoms in total. The van der Waals surface area contributed by atoms with E-state index >= 15 is 0 Å². The van der Waals surface area contributed by atoms with Crippen molar-refractivity contribution in [2.24, 2.45) is 0 Å². The van der Waals surface area contributed by atoms with Crippen molar-refractivity contribution >= 4 is 37.6 Å². The van der Waals surface area contributed by atoms with Crippen molar-refractivity contribution in [1.29, 1.82) is 0 Å². The lowest BCUT2D eigenvalue weighted by molar-refractivity contribution is 0.109. The van der Waals surface area contributed by atoms with E-state index in [-0.39, 0.29) is 5.43 Å². The fourth-order valence-corrected chi connectivity index (χ4v) is 3.46. The summed E-state index contributed by atoms with van der Waals surface area (Å²) in [6, 6.07) is 10.0. The summed E-state index contributed by atoms with van der Waals surface area (Å²) >= 11 is 3.56. The Balaban J connectivity index is 2.24. The molecule has 0 fully saturated rings. The normalized spacial score (nSPS) is 14.7. The first-order valence-electron chi connectivity index (χ1n) is 6.58. The molecule has 0 radical (unpaired) electrons. The first-order valence-corrected chi connectivity index (χ1v) is 7.38. The molecule has 0 atom stereocenters. The van der Waals surface area contributed by atoms with Crippen LogP contribution in [0.3, 0.4) is 0 Å². The molecule has 1 aliphatic heterocycles. The minimum atomic E-state index is 0.0832. The Hall–Kier alpha value is -1.65. The fourth-order valence-electron chi connectivity index (χ4n) is 2.89. The maximum Gasteiger partial charge on any atom is 0.195 e. The Kier molecular flexibility index (Phi) is 2.69. The molecule has 0 amide bonds. The van der Waals surface area contributed by atoms with Crippen molar-refractivity contribution in [2.45, 2.75) is 13.0 Å². The highest BCUT2D eigenvalue weighted by Gasteiger charge is 2.17. The van der Waals surface area contributed by atoms with Crippen molar-refractivity contribution in [3.63, 3.8) is 0 Å². The number of nitrogens with one attached hydrogen (secondary N) is 1. The number of fused-ring (bicyclic) bond motifs is 4. The molecule has 0 saturated heterocycles. The number of aromatic amines is 1. The maximum atomic E-state index is 12.6. The minimum Gasteiger partial charge on any atom is -0.376 e. The first kappa shape index (κ1) is 12.1. The van der Waals surface area contributed by atoms with E-state index < -0.39 is 0 Å². The van der Waals surface area contributed by atoms with Crippen LogP contribution in [0.25, 0.3) is 21.7 Å². The van der Waals surface area contributed by atoms with Gasteiger partial charge in [-0.15, -0.1) is 0 Å². The van der Waals surface area contributed by atoms with Gasteiger partial charge in [-0.3, -0.25) is 4.79 Å². The van der Waals surface area contributed by atoms with E-state index in [1.165, 1.54) is 0 Å². The van der Waals surface area contributed by atoms with Gasteiger partial charge in [0.1, 0.15) is 0 Å². The van der Waals surface area contributed by atoms with E-state index in [2.05, 4.69) is 27.0 Å². The number of ether oxygens (including phenoxy) is 1. The number of benzene rings is 2. The fraction of sp³-hybridized carbons (Fsp3) is 0.188. The van der Waals surface area contributed by atoms with Gasteiger partial charge in [-0.2, -0.15) is 0 Å². The first-order chi connectivity index (χ1) is 9.75. The van der Waals surface area contributed by atoms with Gasteiger partial charge in [-0.05, 0) is 11.5 Å². The molecule has 0 spiro atoms. The Morgan fingerprint density at radius 2 is 1.95 bits per heavy atom. The van der Waals surface area contributed by atoms with Crippen LogP contribution in [-0.4, -0.2) is 11.6 Å². The highest BCUT2D eigenvalue weighted by Crippen LogP contribution is 2.30. The second-order valence-corrected chi connectivity index (χ2v) is 5.89. The van der Waals surface area contributed by atoms with Crippen LogP contribution in [-0.2, 0) is 17.8 Å². The van der Waals surface area contributed by atoms with Crippen molar-refractivity contribution in [2.75, 3.05) is 6.61 Å². The highest BCUT2D eigenvalue weighted by atomic mass is 79.9. The third-order valence-electron chi connectivity index (χ3n) is 3.90. The summed E-state index contributed by atoms with van der Waals surface area (Å²) in [6.45, 7) is 1.08. The molecule has 100 valence electrons. The third kappa shape index (κ3) is 1.65. The van der Waals surface area contributed by atoms with Gasteiger partial charge in [0.2, 0.25) is 0 Å². The number of rotatable bonds is 0. The quantitative estimate of drug-likeness (QED) is 0.641. The molecule has 20 heavy (non-hydrogen) atoms. The molecule has 0 bridgehead atoms. The summed E-state index contributed by atoms with van der Waals surface area (Å²) in [6.07, 6.45) is 0.769. The van der Waals surface area contributed by atoms with Gasteiger partial charge in [0.25, 0.3) is 0 Å². The van der Waals surface area contributed by atoms with Crippen LogP contribution in [0, 0.1) is 0 Å². The molecule has 1 aromatic heterocycles. The van der Waals surface area contributed by atoms with Crippen LogP contribution in [0.1, 0.15) is 11.3 Å². The molecule has 2 heterocycles. The van der Waals surface area contributed by atoms with Crippen molar-refractivity contribution in [3.8, 4) is 0 Å². The molecule has 4 rings (SSSR count). The predicted molar refractivity (Wildman–Crippen MR) is 83.1 cm³/mol. The number of halogens is 1. The lowest BCUT2D eigenvalue weighted by atomic mass is 10.0. The standard InChI is InChI=1S/C16H12BrNO2/c17-13-7-11-15(10-4-2-1-3-9(10)13)18-14-5-6-20-8-12(14)16(11)19/h1-4,7H,5-6,8H2,(H,18,19). The SMILES string of the molecule is O=c1c2c([nH]c3c1cc(Br)c1ccccc13)CCOC2. The summed E-state index contributed by atoms with van der Waals surface area (Å²) in [4.78, 5) is 16.1. The Labute approximate surface area is 123 Å². The molecule has 4 heteroatoms. The van der Waals surface area contributed by atoms with Crippen molar-refractivity contribution in [1.82, 2.24) is 4.98 Å². The molecule has 0 aliphatic carbocycles. The van der Waals surface area contributed by atoms with Crippen LogP contribution in [0.15, 0.2) is 39.6 Å². The zero-order chi connectivity index (χ0) is 13.7. The number of hydrogen-bond acceptors (Lipinski definition) is 2. The molecular formula is C16H12BrNO2. The smallest absolute Gasteiger partial charge is 0.195 e. The van der Waals surface area contributed by atoms with Gasteiger partial charge >= 0.3 is 0 Å². The average molecular weight is 330 g/mol. The van der Waals surface area contributed by atoms with Gasteiger partial charge in [-0.1, -0.05) is 40.2 Å². The Morgan fingerprint density at radius 1 is 1.15 bits per heavy atom. The molecule has 0 unspecified atom stereocenters. The molecule has 0 saturated carbocycles. The number of aromatic nitrogens is 1. The van der Waals surface area contributed by atoms with E-state index in [1.54, 1.807) is 0 Å². The summed E-state index contributed by atoms with van der Waals surface area (Å²) < 4.78 is 6.36. The average Bonchev–Trinajstić information content (AvgIpc) is 2.49. The third-order valence-corrected chi connectivity index (χ3v) is 4.55. The van der Waals surface area contributed by atoms with Crippen molar-refractivity contribution < 1.29 is 4.74 Å². The number of H-pyrrole nitrogens is 1. The summed E-state index contributed by atoms with van der Waals surface area (Å²) in [7, 11) is 0. The molecule has 1 aliphatic rings. The minimum absolute atomic E-state index is 0.0832. The second-order valence-electron chi connectivity index (χ2n) is 5.04. The zero-order valence-electron chi connectivity index (χ0n) is 10.7. The lowest BCUT2D eigenvalue weighted by Gasteiger charge is -2.17. The molecule has 2 aromatic carbocycles. The topological polar surface area (TPSA) is 42.1 Å². The largest absolute Gasteiger partial charge is 0.376 e. The van der Waals surface area contributed by atoms with Crippen LogP contribution >= 0.6 is 15.9 Å². The van der Waals surface area contributed by atoms with Crippen LogP contribution in [0.4, 0.5) is 0 Å². The van der Waals surface area contributed by atoms with Gasteiger partial charge in [0, 0.05) is 32.9 Å². The van der Waals surface area contributed by atoms with Gasteiger partial charge in [-0.25, -0.2) is 0 Å². The predicted octanol–water partition coefficient (Wildman–Crippen LogP) is 3.52. The molecular weight excluding hydrogens is 318 g/mol. The summed E-state index contributed by atoms with van der Waals surface area (Å²) in [5, 5.41) is 2.91. The second kappa shape index (κ2) is 4.43. The molecule has 3 aromatic rings. The number of hydrogen-bond donors (Lipinski definition) is 1. The van der Waals surface area contributed by atoms with Crippen molar-refractivity contribution in [3.05, 3.63) is 56.3 Å². The number of pyridine rings is 1. The van der Waals surface area contributed by atoms with Crippen LogP contribution < -0.4 is 5.43 Å².